The third kappa shape index (κ3) is 10.7. The molecule has 44 heavy (non-hydrogen) atoms. The molecule has 0 aliphatic rings. The van der Waals surface area contributed by atoms with Crippen LogP contribution in [-0.2, 0) is 34.8 Å². The number of H-pyrrole nitrogens is 1. The highest BCUT2D eigenvalue weighted by Gasteiger charge is 2.13. The fourth-order valence-corrected chi connectivity index (χ4v) is 4.41. The number of ether oxygens (including phenoxy) is 6. The highest BCUT2D eigenvalue weighted by molar-refractivity contribution is 6.00. The number of aromatic amines is 1. The lowest BCUT2D eigenvalue weighted by Crippen LogP contribution is -2.14. The number of aromatic nitrogens is 2. The summed E-state index contributed by atoms with van der Waals surface area (Å²) in [7, 11) is 1.86. The van der Waals surface area contributed by atoms with E-state index in [4.69, 9.17) is 37.8 Å². The zero-order valence-corrected chi connectivity index (χ0v) is 25.9. The van der Waals surface area contributed by atoms with Gasteiger partial charge >= 0.3 is 0 Å². The predicted molar refractivity (Wildman–Crippen MR) is 171 cm³/mol. The van der Waals surface area contributed by atoms with Gasteiger partial charge in [-0.15, -0.1) is 0 Å². The number of benzene rings is 2. The van der Waals surface area contributed by atoms with E-state index in [1.54, 1.807) is 6.07 Å². The summed E-state index contributed by atoms with van der Waals surface area (Å²) in [6.45, 7) is 8.73. The fraction of sp³-hybridized carbons (Fsp3) is 0.515. The molecule has 2 N–H and O–H groups in total. The second kappa shape index (κ2) is 19.1. The van der Waals surface area contributed by atoms with E-state index in [1.165, 1.54) is 6.07 Å². The Morgan fingerprint density at radius 3 is 1.89 bits per heavy atom. The molecule has 0 fully saturated rings. The Morgan fingerprint density at radius 1 is 0.750 bits per heavy atom. The molecule has 0 atom stereocenters. The summed E-state index contributed by atoms with van der Waals surface area (Å²) in [5, 5.41) is 3.59. The standard InChI is InChI=1S/C33H45N3O8/c1-3-4-12-38-14-16-40-18-20-42-22-23-43-21-19-41-17-15-39-13-11-31-35-28-10-9-27-29(37)24-30(44-33(27)32(28)36-31)25-5-7-26(34-2)8-6-25/h5-10,24,34H,3-4,11-23H2,1-2H3,(H,35,36). The van der Waals surface area contributed by atoms with Crippen molar-refractivity contribution in [3.8, 4) is 11.3 Å². The summed E-state index contributed by atoms with van der Waals surface area (Å²) in [5.74, 6) is 1.27. The van der Waals surface area contributed by atoms with Crippen LogP contribution in [0.25, 0.3) is 33.3 Å². The first-order chi connectivity index (χ1) is 21.7. The summed E-state index contributed by atoms with van der Waals surface area (Å²) in [6.07, 6.45) is 2.82. The number of nitrogens with zero attached hydrogens (tertiary/aromatic N) is 1. The Balaban J connectivity index is 1.07. The molecule has 0 bridgehead atoms. The summed E-state index contributed by atoms with van der Waals surface area (Å²) in [5.41, 5.74) is 3.61. The maximum atomic E-state index is 12.9. The largest absolute Gasteiger partial charge is 0.453 e. The number of imidazole rings is 1. The van der Waals surface area contributed by atoms with Gasteiger partial charge in [-0.1, -0.05) is 13.3 Å². The number of hydrogen-bond donors (Lipinski definition) is 2. The van der Waals surface area contributed by atoms with Crippen molar-refractivity contribution in [1.82, 2.24) is 9.97 Å². The van der Waals surface area contributed by atoms with Gasteiger partial charge in [0.05, 0.1) is 83.6 Å². The molecule has 2 aromatic heterocycles. The normalized spacial score (nSPS) is 11.6. The average Bonchev–Trinajstić information content (AvgIpc) is 3.47. The fourth-order valence-electron chi connectivity index (χ4n) is 4.41. The number of anilines is 1. The summed E-state index contributed by atoms with van der Waals surface area (Å²) in [4.78, 5) is 20.9. The number of nitrogens with one attached hydrogen (secondary N) is 2. The SMILES string of the molecule is CCCCOCCOCCOCCOCCOCCOCCc1nc2c(ccc3c(=O)cc(-c4ccc(NC)cc4)oc32)[nH]1. The Bertz CT molecular complexity index is 1440. The van der Waals surface area contributed by atoms with Crippen molar-refractivity contribution in [2.45, 2.75) is 26.2 Å². The van der Waals surface area contributed by atoms with Crippen molar-refractivity contribution in [2.24, 2.45) is 0 Å². The van der Waals surface area contributed by atoms with E-state index in [2.05, 4.69) is 17.2 Å². The third-order valence-electron chi connectivity index (χ3n) is 6.84. The van der Waals surface area contributed by atoms with Crippen LogP contribution in [0, 0.1) is 0 Å². The van der Waals surface area contributed by atoms with Crippen molar-refractivity contribution < 1.29 is 32.8 Å². The first kappa shape index (κ1) is 33.6. The molecule has 0 saturated heterocycles. The van der Waals surface area contributed by atoms with Gasteiger partial charge in [0, 0.05) is 37.4 Å². The van der Waals surface area contributed by atoms with E-state index in [1.807, 2.05) is 37.4 Å². The predicted octanol–water partition coefficient (Wildman–Crippen LogP) is 4.82. The lowest BCUT2D eigenvalue weighted by Gasteiger charge is -2.08. The third-order valence-corrected chi connectivity index (χ3v) is 6.84. The molecule has 0 aliphatic carbocycles. The van der Waals surface area contributed by atoms with E-state index in [-0.39, 0.29) is 5.43 Å². The van der Waals surface area contributed by atoms with Gasteiger partial charge in [-0.3, -0.25) is 4.79 Å². The molecule has 0 spiro atoms. The van der Waals surface area contributed by atoms with Crippen molar-refractivity contribution in [2.75, 3.05) is 91.6 Å². The molecule has 0 radical (unpaired) electrons. The minimum absolute atomic E-state index is 0.104. The molecule has 2 aromatic carbocycles. The Kier molecular flexibility index (Phi) is 14.6. The van der Waals surface area contributed by atoms with Crippen LogP contribution >= 0.6 is 0 Å². The van der Waals surface area contributed by atoms with Crippen LogP contribution in [-0.4, -0.2) is 96.3 Å². The van der Waals surface area contributed by atoms with Crippen LogP contribution < -0.4 is 10.7 Å². The maximum absolute atomic E-state index is 12.9. The van der Waals surface area contributed by atoms with Gasteiger partial charge in [0.2, 0.25) is 0 Å². The molecular formula is C33H45N3O8. The van der Waals surface area contributed by atoms with Crippen LogP contribution in [0.4, 0.5) is 5.69 Å². The molecule has 0 unspecified atom stereocenters. The van der Waals surface area contributed by atoms with Crippen LogP contribution in [0.1, 0.15) is 25.6 Å². The summed E-state index contributed by atoms with van der Waals surface area (Å²) in [6, 6.07) is 12.9. The van der Waals surface area contributed by atoms with Gasteiger partial charge in [0.1, 0.15) is 17.1 Å². The van der Waals surface area contributed by atoms with Crippen LogP contribution in [0.5, 0.6) is 0 Å². The molecular weight excluding hydrogens is 566 g/mol. The van der Waals surface area contributed by atoms with Gasteiger partial charge in [-0.25, -0.2) is 4.98 Å². The van der Waals surface area contributed by atoms with Gasteiger partial charge in [0.25, 0.3) is 0 Å². The highest BCUT2D eigenvalue weighted by Crippen LogP contribution is 2.27. The van der Waals surface area contributed by atoms with Gasteiger partial charge in [-0.2, -0.15) is 0 Å². The molecule has 2 heterocycles. The second-order valence-corrected chi connectivity index (χ2v) is 10.1. The maximum Gasteiger partial charge on any atom is 0.193 e. The van der Waals surface area contributed by atoms with E-state index in [0.717, 1.165) is 42.0 Å². The van der Waals surface area contributed by atoms with Gasteiger partial charge < -0.3 is 43.1 Å². The first-order valence-corrected chi connectivity index (χ1v) is 15.4. The molecule has 0 saturated carbocycles. The monoisotopic (exact) mass is 611 g/mol. The Morgan fingerprint density at radius 2 is 1.32 bits per heavy atom. The number of rotatable bonds is 23. The van der Waals surface area contributed by atoms with Gasteiger partial charge in [-0.05, 0) is 42.8 Å². The zero-order valence-electron chi connectivity index (χ0n) is 25.9. The minimum atomic E-state index is -0.104. The van der Waals surface area contributed by atoms with Crippen molar-refractivity contribution in [3.05, 3.63) is 58.5 Å². The summed E-state index contributed by atoms with van der Waals surface area (Å²) >= 11 is 0. The molecule has 0 aliphatic heterocycles. The van der Waals surface area contributed by atoms with Gasteiger partial charge in [0.15, 0.2) is 11.0 Å². The van der Waals surface area contributed by atoms with E-state index < -0.39 is 0 Å². The molecule has 0 amide bonds. The second-order valence-electron chi connectivity index (χ2n) is 10.1. The van der Waals surface area contributed by atoms with E-state index >= 15 is 0 Å². The average molecular weight is 612 g/mol. The lowest BCUT2D eigenvalue weighted by molar-refractivity contribution is -0.0167. The number of hydrogen-bond acceptors (Lipinski definition) is 10. The molecule has 4 rings (SSSR count). The minimum Gasteiger partial charge on any atom is -0.453 e. The molecule has 240 valence electrons. The topological polar surface area (TPSA) is 126 Å². The molecule has 11 heteroatoms. The van der Waals surface area contributed by atoms with E-state index in [9.17, 15) is 4.79 Å². The Hall–Kier alpha value is -3.32. The first-order valence-electron chi connectivity index (χ1n) is 15.4. The van der Waals surface area contributed by atoms with Crippen molar-refractivity contribution in [1.29, 1.82) is 0 Å². The highest BCUT2D eigenvalue weighted by atomic mass is 16.6. The van der Waals surface area contributed by atoms with Crippen LogP contribution in [0.15, 0.2) is 51.7 Å². The number of unbranched alkanes of at least 4 members (excludes halogenated alkanes) is 1. The number of fused-ring (bicyclic) bond motifs is 3. The van der Waals surface area contributed by atoms with Crippen molar-refractivity contribution >= 4 is 27.7 Å². The Labute approximate surface area is 258 Å². The zero-order chi connectivity index (χ0) is 30.8. The lowest BCUT2D eigenvalue weighted by atomic mass is 10.1. The van der Waals surface area contributed by atoms with E-state index in [0.29, 0.717) is 101 Å². The smallest absolute Gasteiger partial charge is 0.193 e. The van der Waals surface area contributed by atoms with Crippen LogP contribution in [0.3, 0.4) is 0 Å². The summed E-state index contributed by atoms with van der Waals surface area (Å²) < 4.78 is 39.4. The molecule has 4 aromatic rings. The van der Waals surface area contributed by atoms with Crippen molar-refractivity contribution in [3.63, 3.8) is 0 Å². The molecule has 11 nitrogen and oxygen atoms in total. The van der Waals surface area contributed by atoms with Crippen LogP contribution in [0.2, 0.25) is 0 Å². The quantitative estimate of drug-likeness (QED) is 0.113.